The van der Waals surface area contributed by atoms with Crippen LogP contribution in [0, 0.1) is 0 Å². The van der Waals surface area contributed by atoms with Gasteiger partial charge in [-0.05, 0) is 62.0 Å². The van der Waals surface area contributed by atoms with Crippen molar-refractivity contribution in [2.75, 3.05) is 11.1 Å². The molecule has 0 amide bonds. The number of anilines is 2. The molecule has 0 atom stereocenters. The van der Waals surface area contributed by atoms with Gasteiger partial charge in [0, 0.05) is 22.0 Å². The van der Waals surface area contributed by atoms with Crippen LogP contribution in [0.4, 0.5) is 11.4 Å². The molecule has 148 valence electrons. The van der Waals surface area contributed by atoms with Crippen molar-refractivity contribution < 1.29 is 4.43 Å². The second kappa shape index (κ2) is 7.72. The van der Waals surface area contributed by atoms with Crippen molar-refractivity contribution in [2.24, 2.45) is 0 Å². The van der Waals surface area contributed by atoms with Crippen LogP contribution in [0.5, 0.6) is 0 Å². The van der Waals surface area contributed by atoms with Crippen molar-refractivity contribution in [3.8, 4) is 0 Å². The summed E-state index contributed by atoms with van der Waals surface area (Å²) in [5, 5.41) is 4.88. The summed E-state index contributed by atoms with van der Waals surface area (Å²) in [7, 11) is -1.69. The highest BCUT2D eigenvalue weighted by Crippen LogP contribution is 2.39. The highest BCUT2D eigenvalue weighted by molar-refractivity contribution is 9.10. The Morgan fingerprint density at radius 3 is 2.48 bits per heavy atom. The third-order valence-corrected chi connectivity index (χ3v) is 11.2. The van der Waals surface area contributed by atoms with Crippen LogP contribution in [0.15, 0.2) is 28.9 Å². The van der Waals surface area contributed by atoms with Gasteiger partial charge in [-0.15, -0.1) is 0 Å². The predicted molar refractivity (Wildman–Crippen MR) is 122 cm³/mol. The number of pyridine rings is 1. The van der Waals surface area contributed by atoms with Gasteiger partial charge in [-0.25, -0.2) is 0 Å². The molecule has 1 aliphatic rings. The Kier molecular flexibility index (Phi) is 5.90. The molecular weight excluding hydrogens is 418 g/mol. The minimum absolute atomic E-state index is 0.265. The second-order valence-corrected chi connectivity index (χ2v) is 14.9. The quantitative estimate of drug-likeness (QED) is 0.535. The number of nitrogens with zero attached hydrogens (tertiary/aromatic N) is 1. The monoisotopic (exact) mass is 449 g/mol. The molecule has 3 N–H and O–H groups in total. The van der Waals surface area contributed by atoms with Gasteiger partial charge in [0.1, 0.15) is 0 Å². The first kappa shape index (κ1) is 20.6. The summed E-state index contributed by atoms with van der Waals surface area (Å²) in [6.45, 7) is 11.6. The summed E-state index contributed by atoms with van der Waals surface area (Å²) >= 11 is 3.52. The van der Waals surface area contributed by atoms with Crippen LogP contribution < -0.4 is 11.1 Å². The third kappa shape index (κ3) is 4.66. The van der Waals surface area contributed by atoms with Crippen LogP contribution in [-0.2, 0) is 4.43 Å². The van der Waals surface area contributed by atoms with E-state index in [0.29, 0.717) is 12.1 Å². The van der Waals surface area contributed by atoms with E-state index in [1.54, 1.807) is 0 Å². The summed E-state index contributed by atoms with van der Waals surface area (Å²) in [5.74, 6) is 0. The average Bonchev–Trinajstić information content (AvgIpc) is 2.58. The molecule has 1 saturated carbocycles. The minimum Gasteiger partial charge on any atom is -0.414 e. The van der Waals surface area contributed by atoms with Crippen LogP contribution in [0.25, 0.3) is 10.9 Å². The van der Waals surface area contributed by atoms with E-state index in [1.165, 1.54) is 0 Å². The fourth-order valence-corrected chi connectivity index (χ4v) is 5.22. The van der Waals surface area contributed by atoms with E-state index >= 15 is 0 Å². The van der Waals surface area contributed by atoms with E-state index in [0.717, 1.165) is 52.4 Å². The van der Waals surface area contributed by atoms with Crippen LogP contribution >= 0.6 is 15.9 Å². The molecule has 1 aromatic carbocycles. The van der Waals surface area contributed by atoms with Gasteiger partial charge >= 0.3 is 0 Å². The van der Waals surface area contributed by atoms with Crippen LogP contribution in [0.3, 0.4) is 0 Å². The van der Waals surface area contributed by atoms with E-state index in [1.807, 2.05) is 24.4 Å². The number of benzene rings is 1. The van der Waals surface area contributed by atoms with Crippen molar-refractivity contribution in [3.05, 3.63) is 28.9 Å². The second-order valence-electron chi connectivity index (χ2n) is 9.24. The molecule has 4 nitrogen and oxygen atoms in total. The molecule has 0 saturated heterocycles. The third-order valence-electron chi connectivity index (χ3n) is 6.17. The molecule has 0 spiro atoms. The van der Waals surface area contributed by atoms with Gasteiger partial charge < -0.3 is 15.5 Å². The van der Waals surface area contributed by atoms with Gasteiger partial charge in [0.15, 0.2) is 8.32 Å². The summed E-state index contributed by atoms with van der Waals surface area (Å²) in [6.07, 6.45) is 6.69. The first-order valence-electron chi connectivity index (χ1n) is 9.85. The SMILES string of the molecule is CC(C)(C)[Si](C)(C)O[C@H]1CC[C@H](Nc2cnc3ccc(Br)cc3c2N)CC1. The number of hydrogen-bond donors (Lipinski definition) is 2. The Labute approximate surface area is 172 Å². The van der Waals surface area contributed by atoms with Crippen LogP contribution in [0.1, 0.15) is 46.5 Å². The lowest BCUT2D eigenvalue weighted by molar-refractivity contribution is 0.133. The molecule has 0 aliphatic heterocycles. The smallest absolute Gasteiger partial charge is 0.192 e. The maximum atomic E-state index is 6.61. The molecule has 1 heterocycles. The van der Waals surface area contributed by atoms with Gasteiger partial charge in [0.05, 0.1) is 23.1 Å². The highest BCUT2D eigenvalue weighted by Gasteiger charge is 2.39. The maximum Gasteiger partial charge on any atom is 0.192 e. The normalized spacial score (nSPS) is 21.4. The number of halogens is 1. The fourth-order valence-electron chi connectivity index (χ4n) is 3.44. The first-order valence-corrected chi connectivity index (χ1v) is 13.5. The molecular formula is C21H32BrN3OSi. The first-order chi connectivity index (χ1) is 12.6. The summed E-state index contributed by atoms with van der Waals surface area (Å²) in [4.78, 5) is 4.56. The van der Waals surface area contributed by atoms with Gasteiger partial charge in [0.25, 0.3) is 0 Å². The average molecular weight is 450 g/mol. The van der Waals surface area contributed by atoms with Crippen molar-refractivity contribution >= 4 is 46.5 Å². The Hall–Kier alpha value is -1.11. The lowest BCUT2D eigenvalue weighted by Gasteiger charge is -2.41. The Morgan fingerprint density at radius 1 is 1.19 bits per heavy atom. The van der Waals surface area contributed by atoms with Gasteiger partial charge in [-0.3, -0.25) is 4.98 Å². The molecule has 1 aromatic heterocycles. The van der Waals surface area contributed by atoms with Gasteiger partial charge in [-0.1, -0.05) is 36.7 Å². The Bertz CT molecular complexity index is 811. The highest BCUT2D eigenvalue weighted by atomic mass is 79.9. The van der Waals surface area contributed by atoms with Crippen LogP contribution in [-0.4, -0.2) is 25.4 Å². The molecule has 0 unspecified atom stereocenters. The largest absolute Gasteiger partial charge is 0.414 e. The van der Waals surface area contributed by atoms with E-state index in [-0.39, 0.29) is 5.04 Å². The zero-order chi connectivity index (χ0) is 19.8. The van der Waals surface area contributed by atoms with E-state index in [2.05, 4.69) is 60.1 Å². The molecule has 1 aliphatic carbocycles. The standard InChI is InChI=1S/C21H32BrN3OSi/c1-21(2,3)27(4,5)26-16-9-7-15(8-10-16)25-19-13-24-18-11-6-14(22)12-17(18)20(19)23/h6,11-13,15-16,25H,7-10H2,1-5H3,(H2,23,24)/t15-,16-. The zero-order valence-electron chi connectivity index (χ0n) is 17.1. The van der Waals surface area contributed by atoms with Crippen molar-refractivity contribution in [1.82, 2.24) is 4.98 Å². The number of nitrogens with two attached hydrogens (primary N) is 1. The molecule has 27 heavy (non-hydrogen) atoms. The molecule has 1 fully saturated rings. The fraction of sp³-hybridized carbons (Fsp3) is 0.571. The lowest BCUT2D eigenvalue weighted by Crippen LogP contribution is -2.45. The Balaban J connectivity index is 1.63. The van der Waals surface area contributed by atoms with Crippen LogP contribution in [0.2, 0.25) is 18.1 Å². The van der Waals surface area contributed by atoms with Crippen molar-refractivity contribution in [3.63, 3.8) is 0 Å². The van der Waals surface area contributed by atoms with Gasteiger partial charge in [0.2, 0.25) is 0 Å². The molecule has 6 heteroatoms. The van der Waals surface area contributed by atoms with Crippen molar-refractivity contribution in [2.45, 2.75) is 76.7 Å². The summed E-state index contributed by atoms with van der Waals surface area (Å²) in [6, 6.07) is 6.44. The minimum atomic E-state index is -1.69. The van der Waals surface area contributed by atoms with E-state index < -0.39 is 8.32 Å². The molecule has 3 rings (SSSR count). The topological polar surface area (TPSA) is 60.2 Å². The number of aromatic nitrogens is 1. The van der Waals surface area contributed by atoms with Gasteiger partial charge in [-0.2, -0.15) is 0 Å². The summed E-state index contributed by atoms with van der Waals surface area (Å²) in [5.41, 5.74) is 9.06. The molecule has 0 radical (unpaired) electrons. The summed E-state index contributed by atoms with van der Waals surface area (Å²) < 4.78 is 7.62. The maximum absolute atomic E-state index is 6.61. The van der Waals surface area contributed by atoms with E-state index in [9.17, 15) is 0 Å². The van der Waals surface area contributed by atoms with Crippen molar-refractivity contribution in [1.29, 1.82) is 0 Å². The zero-order valence-corrected chi connectivity index (χ0v) is 19.7. The lowest BCUT2D eigenvalue weighted by atomic mass is 9.93. The molecule has 2 aromatic rings. The number of rotatable bonds is 4. The molecule has 0 bridgehead atoms. The number of nitrogens with one attached hydrogen (secondary N) is 1. The predicted octanol–water partition coefficient (Wildman–Crippen LogP) is 6.32. The number of hydrogen-bond acceptors (Lipinski definition) is 4. The number of nitrogen functional groups attached to an aromatic ring is 1. The van der Waals surface area contributed by atoms with E-state index in [4.69, 9.17) is 10.2 Å². The number of fused-ring (bicyclic) bond motifs is 1. The Morgan fingerprint density at radius 2 is 1.85 bits per heavy atom.